The van der Waals surface area contributed by atoms with Crippen molar-refractivity contribution in [1.82, 2.24) is 0 Å². The van der Waals surface area contributed by atoms with Gasteiger partial charge in [0.1, 0.15) is 0 Å². The molecule has 2 heteroatoms. The fourth-order valence-electron chi connectivity index (χ4n) is 0. The molecule has 0 nitrogen and oxygen atoms in total. The van der Waals surface area contributed by atoms with Gasteiger partial charge in [0.2, 0.25) is 0 Å². The van der Waals surface area contributed by atoms with E-state index in [-0.39, 0.29) is 17.0 Å². The molecule has 4 heavy (non-hydrogen) atoms. The van der Waals surface area contributed by atoms with Gasteiger partial charge < -0.3 is 0 Å². The minimum absolute atomic E-state index is 0. The van der Waals surface area contributed by atoms with Crippen LogP contribution in [0.15, 0.2) is 0 Å². The van der Waals surface area contributed by atoms with Crippen LogP contribution in [0.2, 0.25) is 0 Å². The van der Waals surface area contributed by atoms with Gasteiger partial charge in [0.05, 0.1) is 0 Å². The van der Waals surface area contributed by atoms with Crippen molar-refractivity contribution in [3.8, 4) is 0 Å². The number of rotatable bonds is 0. The summed E-state index contributed by atoms with van der Waals surface area (Å²) >= 11 is 0. The van der Waals surface area contributed by atoms with Gasteiger partial charge in [-0.1, -0.05) is 0 Å². The maximum atomic E-state index is 1.53. The van der Waals surface area contributed by atoms with Crippen molar-refractivity contribution in [3.05, 3.63) is 0 Å². The van der Waals surface area contributed by atoms with E-state index in [4.69, 9.17) is 0 Å². The molecular weight excluding hydrogens is 135 g/mol. The van der Waals surface area contributed by atoms with Gasteiger partial charge in [-0.25, -0.2) is 0 Å². The third-order valence-electron chi connectivity index (χ3n) is 0.250. The first kappa shape index (κ1) is 4.91. The summed E-state index contributed by atoms with van der Waals surface area (Å²) in [6.07, 6.45) is 3.06. The van der Waals surface area contributed by atoms with E-state index in [1.165, 1.54) is 20.9 Å². The predicted molar refractivity (Wildman–Crippen MR) is 28.4 cm³/mol. The lowest BCUT2D eigenvalue weighted by atomic mass is 11.0. The summed E-state index contributed by atoms with van der Waals surface area (Å²) in [7, 11) is 1.33. The third-order valence-corrected chi connectivity index (χ3v) is 0.750. The van der Waals surface area contributed by atoms with Crippen LogP contribution in [-0.4, -0.2) is 12.3 Å². The van der Waals surface area contributed by atoms with Crippen molar-refractivity contribution in [1.29, 1.82) is 0 Å². The molecule has 0 saturated carbocycles. The summed E-state index contributed by atoms with van der Waals surface area (Å²) in [5.41, 5.74) is 0. The van der Waals surface area contributed by atoms with E-state index in [9.17, 15) is 0 Å². The van der Waals surface area contributed by atoms with Gasteiger partial charge in [-0.3, -0.25) is 0 Å². The molecule has 0 aromatic rings. The Bertz CT molecular complexity index is 10.8. The summed E-state index contributed by atoms with van der Waals surface area (Å²) in [5, 5.41) is 0. The van der Waals surface area contributed by atoms with Gasteiger partial charge in [-0.2, -0.15) is 0 Å². The molecule has 0 N–H and O–H groups in total. The normalized spacial score (nSPS) is 18.0. The molecule has 0 bridgehead atoms. The van der Waals surface area contributed by atoms with E-state index in [2.05, 4.69) is 0 Å². The van der Waals surface area contributed by atoms with E-state index in [0.717, 1.165) is 0 Å². The van der Waals surface area contributed by atoms with Crippen LogP contribution in [0.5, 0.6) is 0 Å². The van der Waals surface area contributed by atoms with Gasteiger partial charge >= 0.3 is 0 Å². The summed E-state index contributed by atoms with van der Waals surface area (Å²) in [4.78, 5) is 0. The van der Waals surface area contributed by atoms with Gasteiger partial charge in [0.25, 0.3) is 0 Å². The molecule has 26 valence electrons. The van der Waals surface area contributed by atoms with Crippen molar-refractivity contribution in [2.45, 2.75) is 0 Å². The Morgan fingerprint density at radius 1 is 1.25 bits per heavy atom. The monoisotopic (exact) mass is 140 g/mol. The van der Waals surface area contributed by atoms with Crippen LogP contribution in [0.4, 0.5) is 0 Å². The third kappa shape index (κ3) is 2.91. The van der Waals surface area contributed by atoms with Gasteiger partial charge in [0, 0.05) is 0 Å². The molecule has 0 aliphatic carbocycles. The van der Waals surface area contributed by atoms with Crippen LogP contribution in [-0.2, 0) is 0 Å². The Hall–Kier alpha value is 0.910. The van der Waals surface area contributed by atoms with Gasteiger partial charge in [0.15, 0.2) is 0 Å². The van der Waals surface area contributed by atoms with Crippen LogP contribution < -0.4 is 0 Å². The minimum atomic E-state index is 0. The molecule has 0 atom stereocenters. The van der Waals surface area contributed by atoms with E-state index >= 15 is 0 Å². The molecule has 1 saturated heterocycles. The Balaban J connectivity index is 0.0000000900. The Kier molecular flexibility index (Phi) is 2.66. The molecule has 1 aliphatic heterocycles. The minimum Gasteiger partial charge on any atom is -0.121 e. The lowest BCUT2D eigenvalue weighted by Crippen LogP contribution is -1.20. The summed E-state index contributed by atoms with van der Waals surface area (Å²) in [6.45, 7) is 0. The SMILES string of the molecule is Br.C1CP1. The van der Waals surface area contributed by atoms with Crippen LogP contribution in [0.1, 0.15) is 0 Å². The molecule has 0 radical (unpaired) electrons. The molecule has 0 aromatic carbocycles. The highest BCUT2D eigenvalue weighted by molar-refractivity contribution is 8.93. The van der Waals surface area contributed by atoms with Crippen molar-refractivity contribution in [2.24, 2.45) is 0 Å². The summed E-state index contributed by atoms with van der Waals surface area (Å²) in [5.74, 6) is 0. The smallest absolute Gasteiger partial charge is 0.0316 e. The average Bonchev–Trinajstić information content (AvgIpc) is 1.46. The zero-order valence-corrected chi connectivity index (χ0v) is 5.04. The largest absolute Gasteiger partial charge is 0.121 e. The summed E-state index contributed by atoms with van der Waals surface area (Å²) < 4.78 is 0. The molecule has 1 fully saturated rings. The first-order valence-corrected chi connectivity index (χ1v) is 2.62. The quantitative estimate of drug-likeness (QED) is 0.445. The maximum Gasteiger partial charge on any atom is -0.0316 e. The fourth-order valence-corrected chi connectivity index (χ4v) is 0. The van der Waals surface area contributed by atoms with Crippen molar-refractivity contribution >= 4 is 25.6 Å². The van der Waals surface area contributed by atoms with Crippen LogP contribution in [0.25, 0.3) is 0 Å². The number of halogens is 1. The highest BCUT2D eigenvalue weighted by Gasteiger charge is 1.94. The Morgan fingerprint density at radius 3 is 1.50 bits per heavy atom. The predicted octanol–water partition coefficient (Wildman–Crippen LogP) is 1.26. The van der Waals surface area contributed by atoms with Crippen molar-refractivity contribution in [2.75, 3.05) is 12.3 Å². The van der Waals surface area contributed by atoms with Crippen LogP contribution in [0.3, 0.4) is 0 Å². The standard InChI is InChI=1S/C2H5P.BrH/c1-2-3-1;/h3H,1-2H2;1H. The van der Waals surface area contributed by atoms with Gasteiger partial charge in [-0.05, 0) is 12.3 Å². The Labute approximate surface area is 38.5 Å². The molecule has 0 amide bonds. The van der Waals surface area contributed by atoms with E-state index in [1.54, 1.807) is 0 Å². The first-order chi connectivity index (χ1) is 1.50. The van der Waals surface area contributed by atoms with E-state index < -0.39 is 0 Å². The highest BCUT2D eigenvalue weighted by Crippen LogP contribution is 2.24. The first-order valence-electron chi connectivity index (χ1n) is 1.21. The number of hydrogen-bond acceptors (Lipinski definition) is 0. The maximum absolute atomic E-state index is 1.53. The highest BCUT2D eigenvalue weighted by atomic mass is 79.9. The van der Waals surface area contributed by atoms with E-state index in [1.807, 2.05) is 0 Å². The van der Waals surface area contributed by atoms with E-state index in [0.29, 0.717) is 0 Å². The molecular formula is C2H6BrP. The molecule has 0 unspecified atom stereocenters. The molecule has 1 heterocycles. The topological polar surface area (TPSA) is 0 Å². The molecule has 1 aliphatic rings. The van der Waals surface area contributed by atoms with Crippen molar-refractivity contribution < 1.29 is 0 Å². The summed E-state index contributed by atoms with van der Waals surface area (Å²) in [6, 6.07) is 0. The fraction of sp³-hybridized carbons (Fsp3) is 1.00. The zero-order valence-electron chi connectivity index (χ0n) is 2.32. The second kappa shape index (κ2) is 2.17. The Morgan fingerprint density at radius 2 is 1.50 bits per heavy atom. The lowest BCUT2D eigenvalue weighted by Gasteiger charge is -1.09. The second-order valence-electron chi connectivity index (χ2n) is 0.750. The van der Waals surface area contributed by atoms with Gasteiger partial charge in [-0.15, -0.1) is 25.6 Å². The molecule has 1 rings (SSSR count). The molecule has 0 spiro atoms. The second-order valence-corrected chi connectivity index (χ2v) is 2.25. The van der Waals surface area contributed by atoms with Crippen molar-refractivity contribution in [3.63, 3.8) is 0 Å². The number of hydrogen-bond donors (Lipinski definition) is 0. The molecule has 0 aromatic heterocycles. The zero-order chi connectivity index (χ0) is 2.12. The average molecular weight is 141 g/mol. The lowest BCUT2D eigenvalue weighted by molar-refractivity contribution is 1.75. The van der Waals surface area contributed by atoms with Crippen LogP contribution >= 0.6 is 25.6 Å². The van der Waals surface area contributed by atoms with Crippen LogP contribution in [0, 0.1) is 0 Å².